The van der Waals surface area contributed by atoms with Crippen molar-refractivity contribution in [3.63, 3.8) is 0 Å². The molecule has 0 fully saturated rings. The van der Waals surface area contributed by atoms with E-state index in [9.17, 15) is 13.2 Å². The van der Waals surface area contributed by atoms with Crippen LogP contribution in [0.4, 0.5) is 13.2 Å². The van der Waals surface area contributed by atoms with E-state index in [0.717, 1.165) is 28.0 Å². The Kier molecular flexibility index (Phi) is 7.64. The number of guanidine groups is 1. The summed E-state index contributed by atoms with van der Waals surface area (Å²) in [5, 5.41) is 7.55. The Bertz CT molecular complexity index is 792. The molecule has 2 aromatic rings. The summed E-state index contributed by atoms with van der Waals surface area (Å²) in [6, 6.07) is 7.76. The lowest BCUT2D eigenvalue weighted by molar-refractivity contribution is -0.140. The Balaban J connectivity index is 1.99. The lowest BCUT2D eigenvalue weighted by atomic mass is 10.0. The fourth-order valence-corrected chi connectivity index (χ4v) is 3.35. The van der Waals surface area contributed by atoms with Gasteiger partial charge in [0.15, 0.2) is 11.7 Å². The lowest BCUT2D eigenvalue weighted by Gasteiger charge is -2.27. The highest BCUT2D eigenvalue weighted by Crippen LogP contribution is 2.30. The minimum absolute atomic E-state index is 0.00592. The molecule has 0 saturated carbocycles. The standard InChI is InChI=1S/C18H24F3N5OS/c1-22-17(24-10-16-25-15(11-28-16)18(19,20)21)23-9-13(26(2)3)12-7-5-6-8-14(12)27-4/h5-8,11,13H,9-10H2,1-4H3,(H2,22,23,24). The summed E-state index contributed by atoms with van der Waals surface area (Å²) in [7, 11) is 7.15. The van der Waals surface area contributed by atoms with Gasteiger partial charge in [-0.1, -0.05) is 18.2 Å². The predicted octanol–water partition coefficient (Wildman–Crippen LogP) is 3.14. The van der Waals surface area contributed by atoms with Crippen LogP contribution in [0.15, 0.2) is 34.6 Å². The van der Waals surface area contributed by atoms with Gasteiger partial charge >= 0.3 is 6.18 Å². The molecule has 0 amide bonds. The van der Waals surface area contributed by atoms with E-state index in [2.05, 4.69) is 25.5 Å². The van der Waals surface area contributed by atoms with Crippen molar-refractivity contribution in [1.82, 2.24) is 20.5 Å². The van der Waals surface area contributed by atoms with E-state index in [4.69, 9.17) is 4.74 Å². The van der Waals surface area contributed by atoms with Gasteiger partial charge in [-0.2, -0.15) is 13.2 Å². The molecule has 1 heterocycles. The largest absolute Gasteiger partial charge is 0.496 e. The Morgan fingerprint density at radius 2 is 2.00 bits per heavy atom. The SMILES string of the molecule is CN=C(NCc1nc(C(F)(F)F)cs1)NCC(c1ccccc1OC)N(C)C. The first-order chi connectivity index (χ1) is 13.3. The third-order valence-corrected chi connectivity index (χ3v) is 4.91. The number of aromatic nitrogens is 1. The molecule has 1 aromatic carbocycles. The highest BCUT2D eigenvalue weighted by Gasteiger charge is 2.33. The van der Waals surface area contributed by atoms with Gasteiger partial charge in [0.2, 0.25) is 0 Å². The van der Waals surface area contributed by atoms with Gasteiger partial charge in [-0.15, -0.1) is 11.3 Å². The number of hydrogen-bond donors (Lipinski definition) is 2. The second-order valence-corrected chi connectivity index (χ2v) is 7.09. The number of halogens is 3. The third kappa shape index (κ3) is 5.83. The second kappa shape index (κ2) is 9.74. The van der Waals surface area contributed by atoms with E-state index in [1.165, 1.54) is 0 Å². The number of alkyl halides is 3. The minimum Gasteiger partial charge on any atom is -0.496 e. The molecule has 0 bridgehead atoms. The predicted molar refractivity (Wildman–Crippen MR) is 105 cm³/mol. The van der Waals surface area contributed by atoms with Crippen LogP contribution in [0.3, 0.4) is 0 Å². The molecule has 0 aliphatic rings. The van der Waals surface area contributed by atoms with E-state index in [-0.39, 0.29) is 12.6 Å². The first-order valence-corrected chi connectivity index (χ1v) is 9.39. The van der Waals surface area contributed by atoms with Gasteiger partial charge in [-0.05, 0) is 20.2 Å². The zero-order valence-corrected chi connectivity index (χ0v) is 17.0. The highest BCUT2D eigenvalue weighted by atomic mass is 32.1. The molecular formula is C18H24F3N5OS. The normalized spacial score (nSPS) is 13.5. The molecule has 28 heavy (non-hydrogen) atoms. The molecule has 2 N–H and O–H groups in total. The van der Waals surface area contributed by atoms with Gasteiger partial charge in [-0.3, -0.25) is 4.99 Å². The third-order valence-electron chi connectivity index (χ3n) is 4.06. The number of nitrogens with zero attached hydrogens (tertiary/aromatic N) is 3. The second-order valence-electron chi connectivity index (χ2n) is 6.15. The van der Waals surface area contributed by atoms with E-state index in [1.54, 1.807) is 14.2 Å². The van der Waals surface area contributed by atoms with Crippen molar-refractivity contribution in [1.29, 1.82) is 0 Å². The Labute approximate surface area is 166 Å². The molecule has 0 aliphatic heterocycles. The number of likely N-dealkylation sites (N-methyl/N-ethyl adjacent to an activating group) is 1. The van der Waals surface area contributed by atoms with Gasteiger partial charge in [0.1, 0.15) is 10.8 Å². The van der Waals surface area contributed by atoms with E-state index < -0.39 is 11.9 Å². The van der Waals surface area contributed by atoms with Crippen molar-refractivity contribution in [2.75, 3.05) is 34.8 Å². The topological polar surface area (TPSA) is 61.8 Å². The van der Waals surface area contributed by atoms with Gasteiger partial charge < -0.3 is 20.3 Å². The number of rotatable bonds is 7. The molecule has 10 heteroatoms. The monoisotopic (exact) mass is 415 g/mol. The van der Waals surface area contributed by atoms with E-state index in [1.807, 2.05) is 38.4 Å². The summed E-state index contributed by atoms with van der Waals surface area (Å²) in [5.41, 5.74) is 0.147. The number of benzene rings is 1. The van der Waals surface area contributed by atoms with Gasteiger partial charge in [-0.25, -0.2) is 4.98 Å². The van der Waals surface area contributed by atoms with E-state index in [0.29, 0.717) is 17.5 Å². The number of methoxy groups -OCH3 is 1. The Morgan fingerprint density at radius 3 is 2.57 bits per heavy atom. The molecule has 0 aliphatic carbocycles. The van der Waals surface area contributed by atoms with E-state index >= 15 is 0 Å². The van der Waals surface area contributed by atoms with Crippen LogP contribution in [-0.2, 0) is 12.7 Å². The number of ether oxygens (including phenoxy) is 1. The molecule has 1 aromatic heterocycles. The lowest BCUT2D eigenvalue weighted by Crippen LogP contribution is -2.41. The van der Waals surface area contributed by atoms with Crippen LogP contribution in [0, 0.1) is 0 Å². The number of hydrogen-bond acceptors (Lipinski definition) is 5. The van der Waals surface area contributed by atoms with Crippen molar-refractivity contribution in [2.45, 2.75) is 18.8 Å². The maximum atomic E-state index is 12.6. The maximum Gasteiger partial charge on any atom is 0.434 e. The molecule has 1 atom stereocenters. The average molecular weight is 415 g/mol. The molecule has 6 nitrogen and oxygen atoms in total. The highest BCUT2D eigenvalue weighted by molar-refractivity contribution is 7.09. The Morgan fingerprint density at radius 1 is 1.29 bits per heavy atom. The first-order valence-electron chi connectivity index (χ1n) is 8.51. The fourth-order valence-electron chi connectivity index (χ4n) is 2.61. The number of aliphatic imine (C=N–C) groups is 1. The smallest absolute Gasteiger partial charge is 0.434 e. The van der Waals surface area contributed by atoms with Gasteiger partial charge in [0.25, 0.3) is 0 Å². The molecule has 0 saturated heterocycles. The van der Waals surface area contributed by atoms with Crippen molar-refractivity contribution in [2.24, 2.45) is 4.99 Å². The Hall–Kier alpha value is -2.33. The summed E-state index contributed by atoms with van der Waals surface area (Å²) in [4.78, 5) is 9.78. The van der Waals surface area contributed by atoms with Gasteiger partial charge in [0.05, 0.1) is 19.7 Å². The van der Waals surface area contributed by atoms with Crippen molar-refractivity contribution in [3.05, 3.63) is 45.9 Å². The van der Waals surface area contributed by atoms with Crippen molar-refractivity contribution < 1.29 is 17.9 Å². The van der Waals surface area contributed by atoms with Crippen LogP contribution in [0.1, 0.15) is 22.3 Å². The minimum atomic E-state index is -4.43. The zero-order chi connectivity index (χ0) is 20.7. The number of nitrogens with one attached hydrogen (secondary N) is 2. The van der Waals surface area contributed by atoms with Crippen LogP contribution in [0.25, 0.3) is 0 Å². The average Bonchev–Trinajstić information content (AvgIpc) is 3.14. The number of para-hydroxylation sites is 1. The summed E-state index contributed by atoms with van der Waals surface area (Å²) in [6.45, 7) is 0.681. The molecule has 154 valence electrons. The number of thiazole rings is 1. The van der Waals surface area contributed by atoms with Crippen LogP contribution in [0.5, 0.6) is 5.75 Å². The quantitative estimate of drug-likeness (QED) is 0.537. The maximum absolute atomic E-state index is 12.6. The summed E-state index contributed by atoms with van der Waals surface area (Å²) < 4.78 is 43.4. The zero-order valence-electron chi connectivity index (χ0n) is 16.2. The first kappa shape index (κ1) is 22.0. The van der Waals surface area contributed by atoms with Crippen molar-refractivity contribution >= 4 is 17.3 Å². The molecule has 1 unspecified atom stereocenters. The summed E-state index contributed by atoms with van der Waals surface area (Å²) >= 11 is 0.959. The summed E-state index contributed by atoms with van der Waals surface area (Å²) in [6.07, 6.45) is -4.43. The van der Waals surface area contributed by atoms with Crippen LogP contribution in [0.2, 0.25) is 0 Å². The fraction of sp³-hybridized carbons (Fsp3) is 0.444. The van der Waals surface area contributed by atoms with Gasteiger partial charge in [0, 0.05) is 24.5 Å². The molecule has 0 spiro atoms. The molecule has 2 rings (SSSR count). The molecule has 0 radical (unpaired) electrons. The van der Waals surface area contributed by atoms with Crippen molar-refractivity contribution in [3.8, 4) is 5.75 Å². The van der Waals surface area contributed by atoms with Crippen LogP contribution >= 0.6 is 11.3 Å². The van der Waals surface area contributed by atoms with Crippen LogP contribution < -0.4 is 15.4 Å². The van der Waals surface area contributed by atoms with Crippen LogP contribution in [-0.4, -0.2) is 50.6 Å². The summed E-state index contributed by atoms with van der Waals surface area (Å²) in [5.74, 6) is 1.26. The molecular weight excluding hydrogens is 391 g/mol.